The zero-order chi connectivity index (χ0) is 16.5. The molecule has 0 aliphatic rings. The predicted octanol–water partition coefficient (Wildman–Crippen LogP) is 2.67. The Hall–Kier alpha value is -1.02. The van der Waals surface area contributed by atoms with Crippen LogP contribution in [0.2, 0.25) is 0 Å². The second-order valence-electron chi connectivity index (χ2n) is 2.55. The maximum absolute atomic E-state index is 12.0. The van der Waals surface area contributed by atoms with E-state index in [-0.39, 0.29) is 5.69 Å². The molecule has 3 heteroatoms. The highest BCUT2D eigenvalue weighted by Crippen LogP contribution is 2.16. The summed E-state index contributed by atoms with van der Waals surface area (Å²) in [5.74, 6) is -1.60. The molecule has 1 rings (SSSR count). The number of anilines is 1. The molecule has 0 bridgehead atoms. The largest absolute Gasteiger partial charge is 0.309 e. The number of halogens is 1. The number of nitrogens with zero attached hydrogens (tertiary/aromatic N) is 1. The van der Waals surface area contributed by atoms with Gasteiger partial charge in [0.2, 0.25) is 5.91 Å². The molecule has 0 unspecified atom stereocenters. The number of rotatable bonds is 3. The van der Waals surface area contributed by atoms with Crippen LogP contribution in [0.4, 0.5) is 5.69 Å². The fraction of sp³-hybridized carbons (Fsp3) is 0.364. The maximum atomic E-state index is 12.0. The molecular formula is C11H14ClNO. The van der Waals surface area contributed by atoms with Crippen molar-refractivity contribution in [3.8, 4) is 0 Å². The van der Waals surface area contributed by atoms with Gasteiger partial charge >= 0.3 is 0 Å². The summed E-state index contributed by atoms with van der Waals surface area (Å²) in [5, 5.41) is 0. The van der Waals surface area contributed by atoms with E-state index in [9.17, 15) is 4.79 Å². The third-order valence-corrected chi connectivity index (χ3v) is 1.83. The van der Waals surface area contributed by atoms with Crippen molar-refractivity contribution in [2.24, 2.45) is 0 Å². The lowest BCUT2D eigenvalue weighted by Gasteiger charge is -2.25. The number of alkyl halides is 1. The van der Waals surface area contributed by atoms with E-state index in [1.54, 1.807) is 6.07 Å². The first-order valence-electron chi connectivity index (χ1n) is 7.41. The topological polar surface area (TPSA) is 20.3 Å². The lowest BCUT2D eigenvalue weighted by atomic mass is 10.2. The lowest BCUT2D eigenvalue weighted by molar-refractivity contribution is -0.116. The second kappa shape index (κ2) is 5.01. The van der Waals surface area contributed by atoms with Gasteiger partial charge in [-0.3, -0.25) is 4.79 Å². The molecule has 0 aliphatic heterocycles. The average molecular weight is 219 g/mol. The number of hydrogen-bond donors (Lipinski definition) is 0. The molecule has 0 saturated heterocycles. The number of carbonyl (C=O) groups is 1. The Morgan fingerprint density at radius 1 is 1.57 bits per heavy atom. The van der Waals surface area contributed by atoms with Gasteiger partial charge in [0.1, 0.15) is 5.88 Å². The Morgan fingerprint density at radius 2 is 2.21 bits per heavy atom. The van der Waals surface area contributed by atoms with Crippen molar-refractivity contribution in [3.63, 3.8) is 0 Å². The van der Waals surface area contributed by atoms with Crippen molar-refractivity contribution in [3.05, 3.63) is 30.3 Å². The summed E-state index contributed by atoms with van der Waals surface area (Å²) in [6.45, 7) is -6.51. The number of para-hydroxylation sites is 1. The molecule has 0 aromatic heterocycles. The maximum Gasteiger partial charge on any atom is 0.242 e. The smallest absolute Gasteiger partial charge is 0.242 e. The minimum Gasteiger partial charge on any atom is -0.309 e. The molecule has 1 aromatic rings. The van der Waals surface area contributed by atoms with Crippen LogP contribution in [0.15, 0.2) is 30.3 Å². The zero-order valence-electron chi connectivity index (χ0n) is 14.3. The first kappa shape index (κ1) is 4.67. The van der Waals surface area contributed by atoms with Crippen LogP contribution in [0.3, 0.4) is 0 Å². The van der Waals surface area contributed by atoms with Crippen LogP contribution in [0.1, 0.15) is 23.3 Å². The third kappa shape index (κ3) is 2.48. The number of carbonyl (C=O) groups excluding carboxylic acids is 1. The molecule has 0 atom stereocenters. The monoisotopic (exact) mass is 218 g/mol. The van der Waals surface area contributed by atoms with Gasteiger partial charge in [-0.2, -0.15) is 0 Å². The van der Waals surface area contributed by atoms with Gasteiger partial charge in [0.25, 0.3) is 0 Å². The fourth-order valence-electron chi connectivity index (χ4n) is 1.03. The van der Waals surface area contributed by atoms with Gasteiger partial charge < -0.3 is 4.90 Å². The molecule has 0 radical (unpaired) electrons. The van der Waals surface area contributed by atoms with Crippen LogP contribution >= 0.6 is 11.6 Å². The number of amides is 1. The van der Waals surface area contributed by atoms with E-state index >= 15 is 0 Å². The van der Waals surface area contributed by atoms with E-state index in [2.05, 4.69) is 0 Å². The van der Waals surface area contributed by atoms with Crippen LogP contribution in [-0.4, -0.2) is 17.8 Å². The third-order valence-electron chi connectivity index (χ3n) is 1.60. The predicted molar refractivity (Wildman–Crippen MR) is 59.8 cm³/mol. The second-order valence-corrected chi connectivity index (χ2v) is 2.81. The van der Waals surface area contributed by atoms with Gasteiger partial charge in [-0.05, 0) is 25.8 Å². The van der Waals surface area contributed by atoms with E-state index in [0.717, 1.165) is 0 Å². The Bertz CT molecular complexity index is 486. The van der Waals surface area contributed by atoms with Crippen LogP contribution in [0, 0.1) is 0 Å². The molecule has 1 aromatic carbocycles. The van der Waals surface area contributed by atoms with Gasteiger partial charge in [0.05, 0.1) is 1.37 Å². The zero-order valence-corrected chi connectivity index (χ0v) is 8.08. The van der Waals surface area contributed by atoms with Gasteiger partial charge in [-0.1, -0.05) is 18.2 Å². The summed E-state index contributed by atoms with van der Waals surface area (Å²) < 4.78 is 52.7. The summed E-state index contributed by atoms with van der Waals surface area (Å²) in [7, 11) is 0. The summed E-state index contributed by atoms with van der Waals surface area (Å²) >= 11 is 5.46. The van der Waals surface area contributed by atoms with Gasteiger partial charge in [-0.25, -0.2) is 0 Å². The number of hydrogen-bond acceptors (Lipinski definition) is 1. The highest BCUT2D eigenvalue weighted by atomic mass is 35.5. The Kier molecular flexibility index (Phi) is 1.67. The minimum absolute atomic E-state index is 0.00889. The molecule has 0 spiro atoms. The lowest BCUT2D eigenvalue weighted by Crippen LogP contribution is -2.37. The quantitative estimate of drug-likeness (QED) is 0.715. The van der Waals surface area contributed by atoms with E-state index in [1.807, 2.05) is 0 Å². The van der Waals surface area contributed by atoms with Crippen molar-refractivity contribution in [1.29, 1.82) is 0 Å². The van der Waals surface area contributed by atoms with E-state index < -0.39 is 31.5 Å². The normalized spacial score (nSPS) is 20.2. The Balaban J connectivity index is 3.58. The summed E-state index contributed by atoms with van der Waals surface area (Å²) in [6, 6.07) is 4.19. The van der Waals surface area contributed by atoms with Gasteiger partial charge in [0.15, 0.2) is 0 Å². The molecular weight excluding hydrogens is 198 g/mol. The van der Waals surface area contributed by atoms with Crippen molar-refractivity contribution >= 4 is 23.2 Å². The highest BCUT2D eigenvalue weighted by molar-refractivity contribution is 6.29. The fourth-order valence-corrected chi connectivity index (χ4v) is 1.15. The summed E-state index contributed by atoms with van der Waals surface area (Å²) in [5.41, 5.74) is -0.00889. The molecule has 0 heterocycles. The van der Waals surface area contributed by atoms with Crippen LogP contribution in [-0.2, 0) is 4.79 Å². The van der Waals surface area contributed by atoms with Gasteiger partial charge in [0, 0.05) is 19.9 Å². The SMILES string of the molecule is [2H]C([2H])([2H])C([2H])(N(C(=O)CCl)c1ccccc1)C([2H])([2H])[2H]. The molecule has 0 fully saturated rings. The van der Waals surface area contributed by atoms with Crippen LogP contribution < -0.4 is 4.90 Å². The molecule has 76 valence electrons. The average Bonchev–Trinajstić information content (AvgIpc) is 2.37. The Labute approximate surface area is 99.3 Å². The molecule has 0 saturated carbocycles. The molecule has 0 N–H and O–H groups in total. The highest BCUT2D eigenvalue weighted by Gasteiger charge is 2.17. The standard InChI is InChI=1S/C11H14ClNO/c1-9(2)13(11(14)8-12)10-6-4-3-5-7-10/h3-7,9H,8H2,1-2H3/i1D3,2D3,9D. The van der Waals surface area contributed by atoms with E-state index in [4.69, 9.17) is 21.2 Å². The summed E-state index contributed by atoms with van der Waals surface area (Å²) in [6.07, 6.45) is 0. The minimum atomic E-state index is -3.25. The first-order valence-corrected chi connectivity index (χ1v) is 4.44. The van der Waals surface area contributed by atoms with Crippen LogP contribution in [0.25, 0.3) is 0 Å². The molecule has 14 heavy (non-hydrogen) atoms. The molecule has 1 amide bonds. The van der Waals surface area contributed by atoms with Gasteiger partial charge in [-0.15, -0.1) is 11.6 Å². The summed E-state index contributed by atoms with van der Waals surface area (Å²) in [4.78, 5) is 12.5. The van der Waals surface area contributed by atoms with Crippen molar-refractivity contribution in [2.45, 2.75) is 19.7 Å². The van der Waals surface area contributed by atoms with Crippen molar-refractivity contribution < 1.29 is 14.4 Å². The van der Waals surface area contributed by atoms with E-state index in [0.29, 0.717) is 4.90 Å². The van der Waals surface area contributed by atoms with Crippen molar-refractivity contribution in [2.75, 3.05) is 10.8 Å². The molecule has 0 aliphatic carbocycles. The first-order chi connectivity index (χ1) is 9.46. The van der Waals surface area contributed by atoms with Crippen LogP contribution in [0.5, 0.6) is 0 Å². The Morgan fingerprint density at radius 3 is 2.71 bits per heavy atom. The van der Waals surface area contributed by atoms with E-state index in [1.165, 1.54) is 24.3 Å². The van der Waals surface area contributed by atoms with Crippen molar-refractivity contribution in [1.82, 2.24) is 0 Å². The number of benzene rings is 1. The molecule has 2 nitrogen and oxygen atoms in total.